The minimum absolute atomic E-state index is 0.0747. The summed E-state index contributed by atoms with van der Waals surface area (Å²) in [5.41, 5.74) is 0.686. The fourth-order valence-electron chi connectivity index (χ4n) is 2.54. The maximum absolute atomic E-state index is 14.0. The van der Waals surface area contributed by atoms with Gasteiger partial charge in [-0.15, -0.1) is 11.6 Å². The molecule has 0 atom stereocenters. The zero-order chi connectivity index (χ0) is 15.2. The molecule has 0 amide bonds. The van der Waals surface area contributed by atoms with Crippen LogP contribution in [0, 0.1) is 18.7 Å². The minimum atomic E-state index is -3.64. The van der Waals surface area contributed by atoms with Crippen LogP contribution in [0.5, 0.6) is 0 Å². The topological polar surface area (TPSA) is 37.4 Å². The summed E-state index contributed by atoms with van der Waals surface area (Å²) in [4.78, 5) is 0.0747. The zero-order valence-electron chi connectivity index (χ0n) is 12.0. The smallest absolute Gasteiger partial charge is 0.207 e. The number of sulfonamides is 1. The Kier molecular flexibility index (Phi) is 4.01. The molecule has 0 bridgehead atoms. The molecule has 2 aliphatic rings. The average Bonchev–Trinajstić information content (AvgIpc) is 3.31. The molecule has 0 unspecified atom stereocenters. The summed E-state index contributed by atoms with van der Waals surface area (Å²) in [6, 6.07) is 2.92. The summed E-state index contributed by atoms with van der Waals surface area (Å²) in [5.74, 6) is 0.0711. The molecule has 2 aliphatic carbocycles. The van der Waals surface area contributed by atoms with Crippen molar-refractivity contribution in [2.45, 2.75) is 49.4 Å². The van der Waals surface area contributed by atoms with E-state index in [9.17, 15) is 12.8 Å². The van der Waals surface area contributed by atoms with Gasteiger partial charge in [-0.2, -0.15) is 4.31 Å². The normalized spacial score (nSPS) is 19.2. The summed E-state index contributed by atoms with van der Waals surface area (Å²) in [5, 5.41) is 0. The highest BCUT2D eigenvalue weighted by atomic mass is 35.5. The Morgan fingerprint density at radius 1 is 1.29 bits per heavy atom. The molecule has 0 aliphatic heterocycles. The van der Waals surface area contributed by atoms with Gasteiger partial charge in [0.15, 0.2) is 0 Å². The highest BCUT2D eigenvalue weighted by Gasteiger charge is 2.41. The van der Waals surface area contributed by atoms with Crippen molar-refractivity contribution >= 4 is 21.6 Å². The first kappa shape index (κ1) is 15.3. The third-order valence-electron chi connectivity index (χ3n) is 4.19. The van der Waals surface area contributed by atoms with E-state index in [0.717, 1.165) is 25.7 Å². The molecule has 116 valence electrons. The highest BCUT2D eigenvalue weighted by Crippen LogP contribution is 2.38. The first-order valence-electron chi connectivity index (χ1n) is 7.30. The van der Waals surface area contributed by atoms with Crippen molar-refractivity contribution in [3.8, 4) is 0 Å². The highest BCUT2D eigenvalue weighted by molar-refractivity contribution is 7.89. The number of nitrogens with zero attached hydrogens (tertiary/aromatic N) is 1. The van der Waals surface area contributed by atoms with Crippen molar-refractivity contribution in [1.82, 2.24) is 4.31 Å². The average molecular weight is 332 g/mol. The number of halogens is 2. The summed E-state index contributed by atoms with van der Waals surface area (Å²) < 4.78 is 41.4. The third-order valence-corrected chi connectivity index (χ3v) is 6.54. The zero-order valence-corrected chi connectivity index (χ0v) is 13.6. The van der Waals surface area contributed by atoms with Gasteiger partial charge in [0.05, 0.1) is 4.90 Å². The molecule has 6 heteroatoms. The van der Waals surface area contributed by atoms with Crippen molar-refractivity contribution in [2.24, 2.45) is 5.92 Å². The molecular weight excluding hydrogens is 313 g/mol. The van der Waals surface area contributed by atoms with Crippen LogP contribution in [0.2, 0.25) is 0 Å². The van der Waals surface area contributed by atoms with Crippen LogP contribution < -0.4 is 0 Å². The Balaban J connectivity index is 2.01. The summed E-state index contributed by atoms with van der Waals surface area (Å²) in [6.45, 7) is 2.08. The van der Waals surface area contributed by atoms with Gasteiger partial charge in [0.1, 0.15) is 5.82 Å². The molecule has 0 saturated heterocycles. The number of hydrogen-bond acceptors (Lipinski definition) is 2. The Morgan fingerprint density at radius 2 is 1.95 bits per heavy atom. The SMILES string of the molecule is Cc1c(F)cc(CCl)cc1S(=O)(=O)N(CC1CC1)C1CC1. The van der Waals surface area contributed by atoms with Crippen molar-refractivity contribution < 1.29 is 12.8 Å². The Labute approximate surface area is 130 Å². The predicted octanol–water partition coefficient (Wildman–Crippen LogP) is 3.44. The molecule has 21 heavy (non-hydrogen) atoms. The molecular formula is C15H19ClFNO2S. The molecule has 2 saturated carbocycles. The molecule has 3 nitrogen and oxygen atoms in total. The van der Waals surface area contributed by atoms with E-state index in [1.165, 1.54) is 19.1 Å². The molecule has 1 aromatic rings. The van der Waals surface area contributed by atoms with E-state index >= 15 is 0 Å². The Hall–Kier alpha value is -0.650. The molecule has 0 heterocycles. The maximum atomic E-state index is 14.0. The third kappa shape index (κ3) is 3.10. The lowest BCUT2D eigenvalue weighted by atomic mass is 10.1. The molecule has 0 N–H and O–H groups in total. The van der Waals surface area contributed by atoms with E-state index in [2.05, 4.69) is 0 Å². The van der Waals surface area contributed by atoms with Crippen molar-refractivity contribution in [3.05, 3.63) is 29.1 Å². The molecule has 2 fully saturated rings. The molecule has 1 aromatic carbocycles. The van der Waals surface area contributed by atoms with Gasteiger partial charge < -0.3 is 0 Å². The first-order chi connectivity index (χ1) is 9.93. The van der Waals surface area contributed by atoms with E-state index in [1.807, 2.05) is 0 Å². The monoisotopic (exact) mass is 331 g/mol. The van der Waals surface area contributed by atoms with Crippen molar-refractivity contribution in [1.29, 1.82) is 0 Å². The lowest BCUT2D eigenvalue weighted by molar-refractivity contribution is 0.388. The van der Waals surface area contributed by atoms with Crippen LogP contribution in [0.4, 0.5) is 4.39 Å². The lowest BCUT2D eigenvalue weighted by Crippen LogP contribution is -2.35. The van der Waals surface area contributed by atoms with Crippen LogP contribution in [0.25, 0.3) is 0 Å². The van der Waals surface area contributed by atoms with E-state index in [-0.39, 0.29) is 22.4 Å². The van der Waals surface area contributed by atoms with Crippen LogP contribution in [-0.2, 0) is 15.9 Å². The molecule has 0 radical (unpaired) electrons. The first-order valence-corrected chi connectivity index (χ1v) is 9.27. The van der Waals surface area contributed by atoms with E-state index in [0.29, 0.717) is 18.0 Å². The maximum Gasteiger partial charge on any atom is 0.243 e. The Morgan fingerprint density at radius 3 is 2.48 bits per heavy atom. The summed E-state index contributed by atoms with van der Waals surface area (Å²) >= 11 is 5.75. The molecule has 3 rings (SSSR count). The van der Waals surface area contributed by atoms with Crippen LogP contribution >= 0.6 is 11.6 Å². The van der Waals surface area contributed by atoms with Crippen LogP contribution in [0.1, 0.15) is 36.8 Å². The summed E-state index contributed by atoms with van der Waals surface area (Å²) in [7, 11) is -3.64. The fraction of sp³-hybridized carbons (Fsp3) is 0.600. The van der Waals surface area contributed by atoms with Gasteiger partial charge in [0, 0.05) is 24.0 Å². The molecule has 0 spiro atoms. The van der Waals surface area contributed by atoms with Gasteiger partial charge in [0.25, 0.3) is 0 Å². The van der Waals surface area contributed by atoms with Gasteiger partial charge in [-0.05, 0) is 56.2 Å². The van der Waals surface area contributed by atoms with Crippen LogP contribution in [0.3, 0.4) is 0 Å². The second-order valence-electron chi connectivity index (χ2n) is 6.08. The van der Waals surface area contributed by atoms with Gasteiger partial charge in [-0.1, -0.05) is 0 Å². The lowest BCUT2D eigenvalue weighted by Gasteiger charge is -2.23. The second kappa shape index (κ2) is 5.52. The van der Waals surface area contributed by atoms with Crippen molar-refractivity contribution in [3.63, 3.8) is 0 Å². The largest absolute Gasteiger partial charge is 0.243 e. The number of benzene rings is 1. The van der Waals surface area contributed by atoms with Crippen LogP contribution in [-0.4, -0.2) is 25.3 Å². The Bertz CT molecular complexity index is 654. The number of alkyl halides is 1. The summed E-state index contributed by atoms with van der Waals surface area (Å²) in [6.07, 6.45) is 3.99. The second-order valence-corrected chi connectivity index (χ2v) is 8.21. The molecule has 0 aromatic heterocycles. The minimum Gasteiger partial charge on any atom is -0.207 e. The predicted molar refractivity (Wildman–Crippen MR) is 80.3 cm³/mol. The van der Waals surface area contributed by atoms with Crippen LogP contribution in [0.15, 0.2) is 17.0 Å². The number of rotatable bonds is 6. The van der Waals surface area contributed by atoms with Gasteiger partial charge in [-0.25, -0.2) is 12.8 Å². The fourth-order valence-corrected chi connectivity index (χ4v) is 4.74. The quantitative estimate of drug-likeness (QED) is 0.749. The van der Waals surface area contributed by atoms with E-state index in [1.54, 1.807) is 4.31 Å². The van der Waals surface area contributed by atoms with E-state index in [4.69, 9.17) is 11.6 Å². The van der Waals surface area contributed by atoms with Gasteiger partial charge >= 0.3 is 0 Å². The van der Waals surface area contributed by atoms with Crippen molar-refractivity contribution in [2.75, 3.05) is 6.54 Å². The number of hydrogen-bond donors (Lipinski definition) is 0. The van der Waals surface area contributed by atoms with Gasteiger partial charge in [-0.3, -0.25) is 0 Å². The van der Waals surface area contributed by atoms with Gasteiger partial charge in [0.2, 0.25) is 10.0 Å². The standard InChI is InChI=1S/C15H19ClFNO2S/c1-10-14(17)6-12(8-16)7-15(10)21(19,20)18(13-4-5-13)9-11-2-3-11/h6-7,11,13H,2-5,8-9H2,1H3. The van der Waals surface area contributed by atoms with E-state index < -0.39 is 15.8 Å².